The first-order valence-corrected chi connectivity index (χ1v) is 8.28. The van der Waals surface area contributed by atoms with E-state index in [2.05, 4.69) is 16.8 Å². The minimum atomic E-state index is 0.320. The average molecular weight is 318 g/mol. The van der Waals surface area contributed by atoms with E-state index >= 15 is 0 Å². The van der Waals surface area contributed by atoms with Crippen LogP contribution in [0.15, 0.2) is 29.6 Å². The van der Waals surface area contributed by atoms with Crippen molar-refractivity contribution < 1.29 is 4.74 Å². The number of benzene rings is 1. The molecule has 1 aliphatic rings. The van der Waals surface area contributed by atoms with Crippen molar-refractivity contribution >= 4 is 34.2 Å². The lowest BCUT2D eigenvalue weighted by atomic mass is 9.93. The molecule has 0 fully saturated rings. The predicted octanol–water partition coefficient (Wildman–Crippen LogP) is 3.88. The molecular weight excluding hydrogens is 300 g/mol. The van der Waals surface area contributed by atoms with Crippen LogP contribution in [0.1, 0.15) is 34.9 Å². The lowest BCUT2D eigenvalue weighted by molar-refractivity contribution is 0.415. The van der Waals surface area contributed by atoms with E-state index in [9.17, 15) is 0 Å². The van der Waals surface area contributed by atoms with Gasteiger partial charge >= 0.3 is 0 Å². The number of ether oxygens (including phenoxy) is 1. The van der Waals surface area contributed by atoms with Gasteiger partial charge < -0.3 is 15.8 Å². The van der Waals surface area contributed by atoms with Gasteiger partial charge in [-0.25, -0.2) is 0 Å². The first-order chi connectivity index (χ1) is 10.2. The number of methoxy groups -OCH3 is 1. The number of thiocarbonyl (C=S) groups is 1. The van der Waals surface area contributed by atoms with E-state index in [1.54, 1.807) is 7.11 Å². The molecule has 1 unspecified atom stereocenters. The van der Waals surface area contributed by atoms with Crippen molar-refractivity contribution in [2.45, 2.75) is 25.3 Å². The molecule has 1 heterocycles. The SMILES string of the molecule is COc1ccc(C(N)=S)c(NC2CCCc3sccc32)c1. The zero-order valence-corrected chi connectivity index (χ0v) is 13.5. The maximum absolute atomic E-state index is 5.84. The Kier molecular flexibility index (Phi) is 4.12. The van der Waals surface area contributed by atoms with Gasteiger partial charge in [-0.2, -0.15) is 0 Å². The summed E-state index contributed by atoms with van der Waals surface area (Å²) in [6.45, 7) is 0. The van der Waals surface area contributed by atoms with Crippen molar-refractivity contribution in [3.8, 4) is 5.75 Å². The molecule has 5 heteroatoms. The Bertz CT molecular complexity index is 666. The van der Waals surface area contributed by atoms with Gasteiger partial charge in [-0.3, -0.25) is 0 Å². The summed E-state index contributed by atoms with van der Waals surface area (Å²) < 4.78 is 5.31. The summed E-state index contributed by atoms with van der Waals surface area (Å²) in [4.78, 5) is 1.89. The number of aryl methyl sites for hydroxylation is 1. The minimum Gasteiger partial charge on any atom is -0.497 e. The molecule has 1 aromatic carbocycles. The van der Waals surface area contributed by atoms with E-state index in [0.29, 0.717) is 11.0 Å². The molecule has 0 saturated carbocycles. The highest BCUT2D eigenvalue weighted by molar-refractivity contribution is 7.80. The highest BCUT2D eigenvalue weighted by Crippen LogP contribution is 2.36. The summed E-state index contributed by atoms with van der Waals surface area (Å²) in [6, 6.07) is 8.31. The fraction of sp³-hybridized carbons (Fsp3) is 0.312. The summed E-state index contributed by atoms with van der Waals surface area (Å²) in [7, 11) is 1.66. The maximum Gasteiger partial charge on any atom is 0.120 e. The monoisotopic (exact) mass is 318 g/mol. The van der Waals surface area contributed by atoms with Gasteiger partial charge in [0.25, 0.3) is 0 Å². The zero-order chi connectivity index (χ0) is 14.8. The molecule has 2 aromatic rings. The number of thiophene rings is 1. The summed E-state index contributed by atoms with van der Waals surface area (Å²) >= 11 is 7.00. The second-order valence-corrected chi connectivity index (χ2v) is 6.60. The third kappa shape index (κ3) is 2.89. The van der Waals surface area contributed by atoms with Crippen molar-refractivity contribution in [3.05, 3.63) is 45.6 Å². The molecule has 1 aliphatic carbocycles. The first-order valence-electron chi connectivity index (χ1n) is 6.99. The lowest BCUT2D eigenvalue weighted by Gasteiger charge is -2.26. The van der Waals surface area contributed by atoms with Gasteiger partial charge in [0.1, 0.15) is 10.7 Å². The number of nitrogens with two attached hydrogens (primary N) is 1. The number of hydrogen-bond donors (Lipinski definition) is 2. The van der Waals surface area contributed by atoms with Crippen LogP contribution in [0.3, 0.4) is 0 Å². The Morgan fingerprint density at radius 3 is 3.05 bits per heavy atom. The van der Waals surface area contributed by atoms with Gasteiger partial charge in [0.05, 0.1) is 13.2 Å². The van der Waals surface area contributed by atoms with Gasteiger partial charge in [0.15, 0.2) is 0 Å². The third-order valence-electron chi connectivity index (χ3n) is 3.87. The molecule has 0 spiro atoms. The van der Waals surface area contributed by atoms with Gasteiger partial charge in [-0.05, 0) is 48.4 Å². The molecule has 110 valence electrons. The molecular formula is C16H18N2OS2. The Morgan fingerprint density at radius 1 is 1.43 bits per heavy atom. The van der Waals surface area contributed by atoms with E-state index in [4.69, 9.17) is 22.7 Å². The molecule has 3 N–H and O–H groups in total. The van der Waals surface area contributed by atoms with Gasteiger partial charge in [0.2, 0.25) is 0 Å². The molecule has 0 aliphatic heterocycles. The summed E-state index contributed by atoms with van der Waals surface area (Å²) in [5, 5.41) is 5.78. The Labute approximate surface area is 134 Å². The lowest BCUT2D eigenvalue weighted by Crippen LogP contribution is -2.19. The van der Waals surface area contributed by atoms with Gasteiger partial charge in [-0.15, -0.1) is 11.3 Å². The first kappa shape index (κ1) is 14.4. The summed E-state index contributed by atoms with van der Waals surface area (Å²) in [5.41, 5.74) is 9.06. The van der Waals surface area contributed by atoms with E-state index in [0.717, 1.165) is 23.4 Å². The molecule has 0 bridgehead atoms. The van der Waals surface area contributed by atoms with E-state index in [-0.39, 0.29) is 0 Å². The fourth-order valence-electron chi connectivity index (χ4n) is 2.81. The zero-order valence-electron chi connectivity index (χ0n) is 11.9. The van der Waals surface area contributed by atoms with E-state index in [1.807, 2.05) is 29.5 Å². The highest BCUT2D eigenvalue weighted by Gasteiger charge is 2.22. The standard InChI is InChI=1S/C16H18N2OS2/c1-19-10-5-6-12(16(17)20)14(9-10)18-13-3-2-4-15-11(13)7-8-21-15/h5-9,13,18H,2-4H2,1H3,(H2,17,20). The van der Waals surface area contributed by atoms with Gasteiger partial charge in [-0.1, -0.05) is 12.2 Å². The Hall–Kier alpha value is -1.59. The Balaban J connectivity index is 1.93. The van der Waals surface area contributed by atoms with E-state index < -0.39 is 0 Å². The minimum absolute atomic E-state index is 0.320. The van der Waals surface area contributed by atoms with Crippen molar-refractivity contribution in [3.63, 3.8) is 0 Å². The van der Waals surface area contributed by atoms with Crippen LogP contribution in [0.2, 0.25) is 0 Å². The highest BCUT2D eigenvalue weighted by atomic mass is 32.1. The number of rotatable bonds is 4. The average Bonchev–Trinajstić information content (AvgIpc) is 2.96. The second kappa shape index (κ2) is 6.03. The van der Waals surface area contributed by atoms with Crippen molar-refractivity contribution in [2.24, 2.45) is 5.73 Å². The van der Waals surface area contributed by atoms with Crippen LogP contribution in [-0.2, 0) is 6.42 Å². The largest absolute Gasteiger partial charge is 0.497 e. The second-order valence-electron chi connectivity index (χ2n) is 5.16. The summed E-state index contributed by atoms with van der Waals surface area (Å²) in [5.74, 6) is 0.804. The van der Waals surface area contributed by atoms with Crippen LogP contribution in [0.5, 0.6) is 5.75 Å². The number of fused-ring (bicyclic) bond motifs is 1. The van der Waals surface area contributed by atoms with Crippen LogP contribution < -0.4 is 15.8 Å². The Morgan fingerprint density at radius 2 is 2.29 bits per heavy atom. The topological polar surface area (TPSA) is 47.3 Å². The summed E-state index contributed by atoms with van der Waals surface area (Å²) in [6.07, 6.45) is 3.51. The van der Waals surface area contributed by atoms with E-state index in [1.165, 1.54) is 23.3 Å². The molecule has 21 heavy (non-hydrogen) atoms. The van der Waals surface area contributed by atoms with Crippen LogP contribution in [-0.4, -0.2) is 12.1 Å². The predicted molar refractivity (Wildman–Crippen MR) is 92.5 cm³/mol. The molecule has 1 aromatic heterocycles. The van der Waals surface area contributed by atoms with Crippen molar-refractivity contribution in [1.29, 1.82) is 0 Å². The number of anilines is 1. The smallest absolute Gasteiger partial charge is 0.120 e. The van der Waals surface area contributed by atoms with Crippen molar-refractivity contribution in [1.82, 2.24) is 0 Å². The molecule has 0 amide bonds. The number of nitrogens with one attached hydrogen (secondary N) is 1. The molecule has 3 rings (SSSR count). The number of hydrogen-bond acceptors (Lipinski definition) is 4. The maximum atomic E-state index is 5.84. The third-order valence-corrected chi connectivity index (χ3v) is 5.09. The van der Waals surface area contributed by atoms with Crippen LogP contribution >= 0.6 is 23.6 Å². The normalized spacial score (nSPS) is 17.1. The fourth-order valence-corrected chi connectivity index (χ4v) is 3.97. The quantitative estimate of drug-likeness (QED) is 0.840. The molecule has 0 saturated heterocycles. The molecule has 1 atom stereocenters. The molecule has 3 nitrogen and oxygen atoms in total. The molecule has 0 radical (unpaired) electrons. The van der Waals surface area contributed by atoms with Crippen molar-refractivity contribution in [2.75, 3.05) is 12.4 Å². The van der Waals surface area contributed by atoms with Crippen LogP contribution in [0, 0.1) is 0 Å². The van der Waals surface area contributed by atoms with Gasteiger partial charge in [0, 0.05) is 22.2 Å². The van der Waals surface area contributed by atoms with Crippen LogP contribution in [0.25, 0.3) is 0 Å². The van der Waals surface area contributed by atoms with Crippen LogP contribution in [0.4, 0.5) is 5.69 Å².